The van der Waals surface area contributed by atoms with Crippen molar-refractivity contribution in [1.82, 2.24) is 0 Å². The minimum absolute atomic E-state index is 0.532. The van der Waals surface area contributed by atoms with E-state index in [0.717, 1.165) is 27.8 Å². The van der Waals surface area contributed by atoms with Gasteiger partial charge in [-0.3, -0.25) is 0 Å². The molecule has 0 saturated heterocycles. The Morgan fingerprint density at radius 2 is 1.43 bits per heavy atom. The molecule has 0 fully saturated rings. The van der Waals surface area contributed by atoms with Crippen LogP contribution in [0.3, 0.4) is 0 Å². The number of hydrogen-bond acceptors (Lipinski definition) is 1. The molecule has 0 radical (unpaired) electrons. The average Bonchev–Trinajstić information content (AvgIpc) is 2.50. The molecular weight excluding hydrogens is 278 g/mol. The number of benzene rings is 3. The number of nitrogens with zero attached hydrogens (tertiary/aromatic N) is 1. The second-order valence-corrected chi connectivity index (χ2v) is 5.53. The molecule has 3 aromatic carbocycles. The fourth-order valence-corrected chi connectivity index (χ4v) is 2.80. The highest BCUT2D eigenvalue weighted by Crippen LogP contribution is 2.27. The van der Waals surface area contributed by atoms with Gasteiger partial charge in [-0.2, -0.15) is 0 Å². The van der Waals surface area contributed by atoms with Gasteiger partial charge in [0.15, 0.2) is 0 Å². The molecule has 0 aliphatic carbocycles. The second kappa shape index (κ2) is 5.71. The maximum Gasteiger partial charge on any atom is 0.137 e. The number of fused-ring (bicyclic) bond motifs is 1. The maximum atomic E-state index is 6.51. The second-order valence-electron chi connectivity index (χ2n) is 5.17. The first kappa shape index (κ1) is 13.8. The lowest BCUT2D eigenvalue weighted by molar-refractivity contribution is 1.33. The van der Waals surface area contributed by atoms with Crippen LogP contribution in [-0.4, -0.2) is 5.17 Å². The SMILES string of the molecule is Cc1cccc(C)c1N=C(Cl)c1cccc2ccccc12. The number of aryl methyl sites for hydroxylation is 2. The summed E-state index contributed by atoms with van der Waals surface area (Å²) in [7, 11) is 0. The van der Waals surface area contributed by atoms with Crippen LogP contribution in [0.5, 0.6) is 0 Å². The van der Waals surface area contributed by atoms with Crippen molar-refractivity contribution >= 4 is 33.2 Å². The molecule has 21 heavy (non-hydrogen) atoms. The third-order valence-electron chi connectivity index (χ3n) is 3.66. The number of halogens is 1. The lowest BCUT2D eigenvalue weighted by atomic mass is 10.1. The molecular formula is C19H16ClN. The van der Waals surface area contributed by atoms with Crippen LogP contribution >= 0.6 is 11.6 Å². The van der Waals surface area contributed by atoms with Crippen LogP contribution in [0.1, 0.15) is 16.7 Å². The minimum Gasteiger partial charge on any atom is -0.236 e. The van der Waals surface area contributed by atoms with E-state index in [-0.39, 0.29) is 0 Å². The van der Waals surface area contributed by atoms with Gasteiger partial charge in [-0.25, -0.2) is 4.99 Å². The Morgan fingerprint density at radius 3 is 2.19 bits per heavy atom. The van der Waals surface area contributed by atoms with Crippen molar-refractivity contribution in [3.8, 4) is 0 Å². The summed E-state index contributed by atoms with van der Waals surface area (Å²) in [6.07, 6.45) is 0. The number of rotatable bonds is 2. The molecule has 0 aliphatic heterocycles. The Bertz CT molecular complexity index is 808. The molecule has 3 rings (SSSR count). The molecule has 2 heteroatoms. The van der Waals surface area contributed by atoms with E-state index in [4.69, 9.17) is 11.6 Å². The van der Waals surface area contributed by atoms with Gasteiger partial charge in [-0.1, -0.05) is 72.3 Å². The van der Waals surface area contributed by atoms with Crippen LogP contribution in [0, 0.1) is 13.8 Å². The van der Waals surface area contributed by atoms with Gasteiger partial charge < -0.3 is 0 Å². The van der Waals surface area contributed by atoms with Gasteiger partial charge in [0.1, 0.15) is 5.17 Å². The molecule has 0 aliphatic rings. The molecule has 0 N–H and O–H groups in total. The van der Waals surface area contributed by atoms with Crippen LogP contribution in [0.15, 0.2) is 65.7 Å². The quantitative estimate of drug-likeness (QED) is 0.532. The van der Waals surface area contributed by atoms with Gasteiger partial charge in [0.2, 0.25) is 0 Å². The molecule has 1 nitrogen and oxygen atoms in total. The Balaban J connectivity index is 2.17. The average molecular weight is 294 g/mol. The summed E-state index contributed by atoms with van der Waals surface area (Å²) in [5, 5.41) is 2.83. The molecule has 0 unspecified atom stereocenters. The van der Waals surface area contributed by atoms with Crippen LogP contribution < -0.4 is 0 Å². The van der Waals surface area contributed by atoms with E-state index in [1.54, 1.807) is 0 Å². The fraction of sp³-hybridized carbons (Fsp3) is 0.105. The first-order valence-corrected chi connectivity index (χ1v) is 7.33. The highest BCUT2D eigenvalue weighted by Gasteiger charge is 2.07. The largest absolute Gasteiger partial charge is 0.236 e. The van der Waals surface area contributed by atoms with Crippen molar-refractivity contribution in [3.63, 3.8) is 0 Å². The van der Waals surface area contributed by atoms with Crippen molar-refractivity contribution < 1.29 is 0 Å². The topological polar surface area (TPSA) is 12.4 Å². The van der Waals surface area contributed by atoms with Gasteiger partial charge >= 0.3 is 0 Å². The Morgan fingerprint density at radius 1 is 0.810 bits per heavy atom. The molecule has 0 bridgehead atoms. The zero-order valence-corrected chi connectivity index (χ0v) is 12.9. The third-order valence-corrected chi connectivity index (χ3v) is 3.95. The predicted octanol–water partition coefficient (Wildman–Crippen LogP) is 5.77. The lowest BCUT2D eigenvalue weighted by Crippen LogP contribution is -1.93. The molecule has 0 spiro atoms. The van der Waals surface area contributed by atoms with Crippen molar-refractivity contribution in [2.75, 3.05) is 0 Å². The summed E-state index contributed by atoms with van der Waals surface area (Å²) in [4.78, 5) is 4.66. The van der Waals surface area contributed by atoms with E-state index in [1.165, 1.54) is 5.39 Å². The summed E-state index contributed by atoms with van der Waals surface area (Å²) in [6.45, 7) is 4.11. The van der Waals surface area contributed by atoms with Gasteiger partial charge in [-0.05, 0) is 35.7 Å². The zero-order valence-electron chi connectivity index (χ0n) is 12.1. The number of hydrogen-bond donors (Lipinski definition) is 0. The Kier molecular flexibility index (Phi) is 3.76. The summed E-state index contributed by atoms with van der Waals surface area (Å²) >= 11 is 6.51. The minimum atomic E-state index is 0.532. The molecule has 0 amide bonds. The van der Waals surface area contributed by atoms with Crippen molar-refractivity contribution in [2.45, 2.75) is 13.8 Å². The predicted molar refractivity (Wildman–Crippen MR) is 91.9 cm³/mol. The standard InChI is InChI=1S/C19H16ClN/c1-13-7-5-8-14(2)18(13)21-19(20)17-12-6-10-15-9-3-4-11-16(15)17/h3-12H,1-2H3. The monoisotopic (exact) mass is 293 g/mol. The van der Waals surface area contributed by atoms with Crippen LogP contribution in [0.4, 0.5) is 5.69 Å². The van der Waals surface area contributed by atoms with E-state index in [9.17, 15) is 0 Å². The van der Waals surface area contributed by atoms with E-state index in [1.807, 2.05) is 30.3 Å². The first-order valence-electron chi connectivity index (χ1n) is 6.95. The molecule has 0 heterocycles. The van der Waals surface area contributed by atoms with Gasteiger partial charge in [-0.15, -0.1) is 0 Å². The van der Waals surface area contributed by atoms with Crippen molar-refractivity contribution in [2.24, 2.45) is 4.99 Å². The normalized spacial score (nSPS) is 11.9. The maximum absolute atomic E-state index is 6.51. The Hall–Kier alpha value is -2.12. The highest BCUT2D eigenvalue weighted by molar-refractivity contribution is 6.70. The van der Waals surface area contributed by atoms with Crippen molar-refractivity contribution in [1.29, 1.82) is 0 Å². The highest BCUT2D eigenvalue weighted by atomic mass is 35.5. The van der Waals surface area contributed by atoms with Gasteiger partial charge in [0, 0.05) is 5.56 Å². The van der Waals surface area contributed by atoms with Crippen LogP contribution in [0.25, 0.3) is 10.8 Å². The molecule has 0 aromatic heterocycles. The van der Waals surface area contributed by atoms with Crippen LogP contribution in [-0.2, 0) is 0 Å². The Labute approximate surface area is 129 Å². The molecule has 0 saturated carbocycles. The third kappa shape index (κ3) is 2.70. The molecule has 0 atom stereocenters. The van der Waals surface area contributed by atoms with Crippen LogP contribution in [0.2, 0.25) is 0 Å². The van der Waals surface area contributed by atoms with Gasteiger partial charge in [0.25, 0.3) is 0 Å². The molecule has 3 aromatic rings. The summed E-state index contributed by atoms with van der Waals surface area (Å²) in [5.74, 6) is 0. The first-order chi connectivity index (χ1) is 10.2. The zero-order chi connectivity index (χ0) is 14.8. The van der Waals surface area contributed by atoms with Gasteiger partial charge in [0.05, 0.1) is 5.69 Å². The van der Waals surface area contributed by atoms with E-state index >= 15 is 0 Å². The van der Waals surface area contributed by atoms with Crippen molar-refractivity contribution in [3.05, 3.63) is 77.4 Å². The summed E-state index contributed by atoms with van der Waals surface area (Å²) in [5.41, 5.74) is 4.19. The van der Waals surface area contributed by atoms with E-state index < -0.39 is 0 Å². The van der Waals surface area contributed by atoms with E-state index in [2.05, 4.69) is 49.2 Å². The fourth-order valence-electron chi connectivity index (χ4n) is 2.55. The number of para-hydroxylation sites is 1. The summed E-state index contributed by atoms with van der Waals surface area (Å²) < 4.78 is 0. The lowest BCUT2D eigenvalue weighted by Gasteiger charge is -2.08. The summed E-state index contributed by atoms with van der Waals surface area (Å²) in [6, 6.07) is 20.5. The molecule has 104 valence electrons. The number of aliphatic imine (C=N–C) groups is 1. The smallest absolute Gasteiger partial charge is 0.137 e. The van der Waals surface area contributed by atoms with E-state index in [0.29, 0.717) is 5.17 Å².